The molecular weight excluding hydrogens is 235 g/mol. The summed E-state index contributed by atoms with van der Waals surface area (Å²) in [6.07, 6.45) is 0. The summed E-state index contributed by atoms with van der Waals surface area (Å²) in [6.45, 7) is 2.12. The van der Waals surface area contributed by atoms with Crippen molar-refractivity contribution in [3.63, 3.8) is 0 Å². The monoisotopic (exact) mass is 249 g/mol. The van der Waals surface area contributed by atoms with E-state index in [1.165, 1.54) is 16.3 Å². The molecule has 1 radical (unpaired) electrons. The maximum atomic E-state index is 2.20. The second kappa shape index (κ2) is 6.21. The molecule has 0 heterocycles. The standard InChI is InChI=1S/C10H9.2CH3.Zr/c1-8-5-6-9-3-2-4-10(9)7-8;;;/h2-7H,1H3;2*1H3;/q3*-1;+3. The summed E-state index contributed by atoms with van der Waals surface area (Å²) >= 11 is 0. The molecule has 1 heteroatoms. The molecule has 0 fully saturated rings. The van der Waals surface area contributed by atoms with Crippen LogP contribution in [-0.2, 0) is 26.2 Å². The van der Waals surface area contributed by atoms with Crippen LogP contribution < -0.4 is 0 Å². The molecule has 0 unspecified atom stereocenters. The topological polar surface area (TPSA) is 0 Å². The van der Waals surface area contributed by atoms with Gasteiger partial charge < -0.3 is 14.9 Å². The number of fused-ring (bicyclic) bond motifs is 1. The fraction of sp³-hybridized carbons (Fsp3) is 0.0833. The van der Waals surface area contributed by atoms with E-state index in [-0.39, 0.29) is 41.1 Å². The summed E-state index contributed by atoms with van der Waals surface area (Å²) in [5.74, 6) is 0. The van der Waals surface area contributed by atoms with Crippen LogP contribution in [0.25, 0.3) is 10.8 Å². The van der Waals surface area contributed by atoms with Crippen LogP contribution in [0.1, 0.15) is 5.56 Å². The number of hydrogen-bond donors (Lipinski definition) is 0. The van der Waals surface area contributed by atoms with Gasteiger partial charge in [-0.1, -0.05) is 5.56 Å². The van der Waals surface area contributed by atoms with Gasteiger partial charge in [0, 0.05) is 0 Å². The van der Waals surface area contributed by atoms with Gasteiger partial charge in [0.15, 0.2) is 0 Å². The Labute approximate surface area is 100 Å². The summed E-state index contributed by atoms with van der Waals surface area (Å²) in [7, 11) is 0. The van der Waals surface area contributed by atoms with Crippen molar-refractivity contribution < 1.29 is 26.2 Å². The molecule has 2 aromatic rings. The van der Waals surface area contributed by atoms with Gasteiger partial charge in [0.25, 0.3) is 0 Å². The quantitative estimate of drug-likeness (QED) is 0.625. The number of hydrogen-bond acceptors (Lipinski definition) is 0. The van der Waals surface area contributed by atoms with E-state index in [9.17, 15) is 0 Å². The van der Waals surface area contributed by atoms with Gasteiger partial charge >= 0.3 is 26.2 Å². The molecule has 0 atom stereocenters. The van der Waals surface area contributed by atoms with Crippen LogP contribution in [0, 0.1) is 21.8 Å². The molecular formula is C12H15Zr. The Morgan fingerprint density at radius 3 is 2.46 bits per heavy atom. The summed E-state index contributed by atoms with van der Waals surface area (Å²) in [5.41, 5.74) is 1.33. The zero-order chi connectivity index (χ0) is 6.97. The third-order valence-electron chi connectivity index (χ3n) is 1.79. The molecule has 13 heavy (non-hydrogen) atoms. The molecule has 0 aliphatic carbocycles. The van der Waals surface area contributed by atoms with Crippen LogP contribution in [0.15, 0.2) is 36.4 Å². The molecule has 0 spiro atoms. The Balaban J connectivity index is 0. The average Bonchev–Trinajstić information content (AvgIpc) is 2.33. The summed E-state index contributed by atoms with van der Waals surface area (Å²) in [4.78, 5) is 0. The van der Waals surface area contributed by atoms with Gasteiger partial charge in [0.1, 0.15) is 0 Å². The van der Waals surface area contributed by atoms with Crippen molar-refractivity contribution in [2.45, 2.75) is 6.92 Å². The van der Waals surface area contributed by atoms with Gasteiger partial charge in [0.05, 0.1) is 0 Å². The van der Waals surface area contributed by atoms with Gasteiger partial charge in [-0.25, -0.2) is 0 Å². The van der Waals surface area contributed by atoms with Crippen LogP contribution in [-0.4, -0.2) is 0 Å². The van der Waals surface area contributed by atoms with Crippen molar-refractivity contribution in [1.29, 1.82) is 0 Å². The molecule has 2 aromatic carbocycles. The zero-order valence-electron chi connectivity index (χ0n) is 8.46. The Morgan fingerprint density at radius 2 is 1.77 bits per heavy atom. The van der Waals surface area contributed by atoms with Crippen molar-refractivity contribution in [2.75, 3.05) is 0 Å². The second-order valence-corrected chi connectivity index (χ2v) is 2.66. The number of aryl methyl sites for hydroxylation is 1. The Morgan fingerprint density at radius 1 is 1.08 bits per heavy atom. The van der Waals surface area contributed by atoms with Gasteiger partial charge in [-0.3, -0.25) is 0 Å². The Hall–Kier alpha value is -0.287. The van der Waals surface area contributed by atoms with Crippen molar-refractivity contribution in [1.82, 2.24) is 0 Å². The van der Waals surface area contributed by atoms with E-state index >= 15 is 0 Å². The molecule has 0 N–H and O–H groups in total. The third kappa shape index (κ3) is 3.16. The van der Waals surface area contributed by atoms with Crippen LogP contribution >= 0.6 is 0 Å². The maximum Gasteiger partial charge on any atom is 3.00 e. The zero-order valence-corrected chi connectivity index (χ0v) is 10.9. The predicted molar refractivity (Wildman–Crippen MR) is 57.1 cm³/mol. The Bertz CT molecular complexity index is 347. The normalized spacial score (nSPS) is 8.08. The van der Waals surface area contributed by atoms with E-state index in [0.717, 1.165) is 0 Å². The molecule has 0 aliphatic rings. The van der Waals surface area contributed by atoms with E-state index in [1.54, 1.807) is 0 Å². The average molecular weight is 250 g/mol. The first-order valence-corrected chi connectivity index (χ1v) is 3.48. The van der Waals surface area contributed by atoms with Gasteiger partial charge in [-0.05, 0) is 6.92 Å². The largest absolute Gasteiger partial charge is 3.00 e. The number of rotatable bonds is 0. The maximum absolute atomic E-state index is 2.20. The fourth-order valence-corrected chi connectivity index (χ4v) is 1.25. The smallest absolute Gasteiger partial charge is 0.358 e. The van der Waals surface area contributed by atoms with E-state index in [1.807, 2.05) is 0 Å². The van der Waals surface area contributed by atoms with E-state index < -0.39 is 0 Å². The first-order chi connectivity index (χ1) is 4.86. The molecule has 0 amide bonds. The molecule has 2 rings (SSSR count). The van der Waals surface area contributed by atoms with E-state index in [2.05, 4.69) is 43.3 Å². The van der Waals surface area contributed by atoms with E-state index in [4.69, 9.17) is 0 Å². The second-order valence-electron chi connectivity index (χ2n) is 2.66. The van der Waals surface area contributed by atoms with Crippen molar-refractivity contribution in [3.8, 4) is 0 Å². The molecule has 67 valence electrons. The summed E-state index contributed by atoms with van der Waals surface area (Å²) in [5, 5.41) is 2.69. The fourth-order valence-electron chi connectivity index (χ4n) is 1.25. The van der Waals surface area contributed by atoms with E-state index in [0.29, 0.717) is 0 Å². The molecule has 0 aromatic heterocycles. The van der Waals surface area contributed by atoms with Gasteiger partial charge in [-0.2, -0.15) is 17.5 Å². The minimum Gasteiger partial charge on any atom is -0.358 e. The van der Waals surface area contributed by atoms with Crippen molar-refractivity contribution in [3.05, 3.63) is 56.8 Å². The first-order valence-electron chi connectivity index (χ1n) is 3.48. The molecule has 0 saturated heterocycles. The first kappa shape index (κ1) is 15.2. The molecule has 0 aliphatic heterocycles. The van der Waals surface area contributed by atoms with Crippen molar-refractivity contribution >= 4 is 10.8 Å². The molecule has 0 nitrogen and oxygen atoms in total. The molecule has 0 bridgehead atoms. The minimum atomic E-state index is 0. The SMILES string of the molecule is Cc1ccc2[cH-]ccc2c1.[CH3-].[CH3-].[Zr+3]. The van der Waals surface area contributed by atoms with Gasteiger partial charge in [-0.15, -0.1) is 29.7 Å². The number of benzene rings is 1. The summed E-state index contributed by atoms with van der Waals surface area (Å²) < 4.78 is 0. The van der Waals surface area contributed by atoms with Crippen LogP contribution in [0.3, 0.4) is 0 Å². The van der Waals surface area contributed by atoms with Crippen LogP contribution in [0.5, 0.6) is 0 Å². The Kier molecular flexibility index (Phi) is 7.26. The third-order valence-corrected chi connectivity index (χ3v) is 1.79. The van der Waals surface area contributed by atoms with Crippen LogP contribution in [0.4, 0.5) is 0 Å². The van der Waals surface area contributed by atoms with Crippen LogP contribution in [0.2, 0.25) is 0 Å². The summed E-state index contributed by atoms with van der Waals surface area (Å²) in [6, 6.07) is 12.9. The minimum absolute atomic E-state index is 0. The van der Waals surface area contributed by atoms with Gasteiger partial charge in [0.2, 0.25) is 0 Å². The van der Waals surface area contributed by atoms with Crippen molar-refractivity contribution in [2.24, 2.45) is 0 Å². The predicted octanol–water partition coefficient (Wildman–Crippen LogP) is 3.77. The molecule has 0 saturated carbocycles.